The fourth-order valence-electron chi connectivity index (χ4n) is 2.99. The van der Waals surface area contributed by atoms with Crippen molar-refractivity contribution in [3.05, 3.63) is 35.9 Å². The van der Waals surface area contributed by atoms with Crippen molar-refractivity contribution < 1.29 is 0 Å². The zero-order valence-corrected chi connectivity index (χ0v) is 12.3. The molecule has 0 amide bonds. The summed E-state index contributed by atoms with van der Waals surface area (Å²) >= 11 is 0. The van der Waals surface area contributed by atoms with Gasteiger partial charge in [-0.15, -0.1) is 0 Å². The van der Waals surface area contributed by atoms with Crippen molar-refractivity contribution in [2.45, 2.75) is 52.1 Å². The molecular formula is C16H28N2. The van der Waals surface area contributed by atoms with Gasteiger partial charge in [0.1, 0.15) is 0 Å². The first-order chi connectivity index (χ1) is 8.63. The number of nitrogens with zero attached hydrogens (tertiary/aromatic N) is 1. The normalized spacial score (nSPS) is 16.6. The van der Waals surface area contributed by atoms with E-state index in [0.29, 0.717) is 6.04 Å². The third-order valence-corrected chi connectivity index (χ3v) is 4.13. The van der Waals surface area contributed by atoms with Crippen LogP contribution < -0.4 is 5.73 Å². The van der Waals surface area contributed by atoms with Gasteiger partial charge in [0.25, 0.3) is 0 Å². The lowest BCUT2D eigenvalue weighted by Gasteiger charge is -2.43. The third kappa shape index (κ3) is 2.93. The minimum absolute atomic E-state index is 0.248. The predicted molar refractivity (Wildman–Crippen MR) is 79.6 cm³/mol. The van der Waals surface area contributed by atoms with E-state index in [0.717, 1.165) is 25.9 Å². The minimum atomic E-state index is -0.248. The van der Waals surface area contributed by atoms with E-state index in [1.54, 1.807) is 0 Å². The van der Waals surface area contributed by atoms with Crippen molar-refractivity contribution in [3.8, 4) is 0 Å². The molecule has 0 bridgehead atoms. The standard InChI is InChI=1S/C16H28N2/c1-5-15(18(7-3)8-4)16(17,6-2)14-12-10-9-11-13-14/h9-13,15H,5-8,17H2,1-4H3. The van der Waals surface area contributed by atoms with Gasteiger partial charge in [-0.25, -0.2) is 0 Å². The van der Waals surface area contributed by atoms with E-state index in [9.17, 15) is 0 Å². The van der Waals surface area contributed by atoms with Gasteiger partial charge in [0, 0.05) is 6.04 Å². The quantitative estimate of drug-likeness (QED) is 0.801. The second-order valence-corrected chi connectivity index (χ2v) is 4.91. The molecular weight excluding hydrogens is 220 g/mol. The molecule has 0 spiro atoms. The molecule has 0 fully saturated rings. The van der Waals surface area contributed by atoms with Gasteiger partial charge in [0.05, 0.1) is 5.54 Å². The van der Waals surface area contributed by atoms with Crippen LogP contribution in [0.25, 0.3) is 0 Å². The maximum absolute atomic E-state index is 6.78. The second kappa shape index (κ2) is 6.91. The number of hydrogen-bond donors (Lipinski definition) is 1. The zero-order valence-electron chi connectivity index (χ0n) is 12.3. The Kier molecular flexibility index (Phi) is 5.83. The molecule has 102 valence electrons. The molecule has 0 aromatic heterocycles. The van der Waals surface area contributed by atoms with Crippen molar-refractivity contribution in [1.82, 2.24) is 4.90 Å². The molecule has 1 rings (SSSR count). The predicted octanol–water partition coefficient (Wildman–Crippen LogP) is 3.37. The number of hydrogen-bond acceptors (Lipinski definition) is 2. The molecule has 2 N–H and O–H groups in total. The van der Waals surface area contributed by atoms with Gasteiger partial charge in [-0.05, 0) is 31.5 Å². The Morgan fingerprint density at radius 1 is 1.06 bits per heavy atom. The van der Waals surface area contributed by atoms with E-state index in [1.165, 1.54) is 5.56 Å². The first-order valence-corrected chi connectivity index (χ1v) is 7.22. The summed E-state index contributed by atoms with van der Waals surface area (Å²) in [4.78, 5) is 2.48. The van der Waals surface area contributed by atoms with Gasteiger partial charge in [0.15, 0.2) is 0 Å². The molecule has 2 heteroatoms. The van der Waals surface area contributed by atoms with Crippen LogP contribution in [0.2, 0.25) is 0 Å². The fraction of sp³-hybridized carbons (Fsp3) is 0.625. The van der Waals surface area contributed by atoms with E-state index >= 15 is 0 Å². The van der Waals surface area contributed by atoms with Crippen LogP contribution >= 0.6 is 0 Å². The van der Waals surface area contributed by atoms with Crippen molar-refractivity contribution in [2.75, 3.05) is 13.1 Å². The molecule has 0 aliphatic rings. The van der Waals surface area contributed by atoms with Crippen LogP contribution in [-0.4, -0.2) is 24.0 Å². The Balaban J connectivity index is 3.12. The fourth-order valence-corrected chi connectivity index (χ4v) is 2.99. The van der Waals surface area contributed by atoms with Crippen molar-refractivity contribution in [2.24, 2.45) is 5.73 Å². The van der Waals surface area contributed by atoms with E-state index < -0.39 is 0 Å². The van der Waals surface area contributed by atoms with Crippen LogP contribution in [0, 0.1) is 0 Å². The minimum Gasteiger partial charge on any atom is -0.320 e. The number of benzene rings is 1. The van der Waals surface area contributed by atoms with Crippen LogP contribution in [0.4, 0.5) is 0 Å². The van der Waals surface area contributed by atoms with E-state index in [4.69, 9.17) is 5.73 Å². The molecule has 0 radical (unpaired) electrons. The van der Waals surface area contributed by atoms with Crippen LogP contribution in [0.5, 0.6) is 0 Å². The molecule has 0 saturated heterocycles. The summed E-state index contributed by atoms with van der Waals surface area (Å²) < 4.78 is 0. The van der Waals surface area contributed by atoms with Crippen LogP contribution in [0.1, 0.15) is 46.1 Å². The van der Waals surface area contributed by atoms with Crippen molar-refractivity contribution >= 4 is 0 Å². The summed E-state index contributed by atoms with van der Waals surface area (Å²) in [5.41, 5.74) is 7.79. The highest BCUT2D eigenvalue weighted by Gasteiger charge is 2.36. The summed E-state index contributed by atoms with van der Waals surface area (Å²) in [7, 11) is 0. The monoisotopic (exact) mass is 248 g/mol. The van der Waals surface area contributed by atoms with Crippen LogP contribution in [0.3, 0.4) is 0 Å². The first kappa shape index (κ1) is 15.2. The highest BCUT2D eigenvalue weighted by molar-refractivity contribution is 5.26. The summed E-state index contributed by atoms with van der Waals surface area (Å²) in [6.07, 6.45) is 2.05. The van der Waals surface area contributed by atoms with E-state index in [-0.39, 0.29) is 5.54 Å². The molecule has 2 atom stereocenters. The molecule has 0 heterocycles. The molecule has 2 nitrogen and oxygen atoms in total. The number of rotatable bonds is 7. The summed E-state index contributed by atoms with van der Waals surface area (Å²) in [5.74, 6) is 0. The topological polar surface area (TPSA) is 29.3 Å². The van der Waals surface area contributed by atoms with Crippen LogP contribution in [-0.2, 0) is 5.54 Å². The zero-order chi connectivity index (χ0) is 13.6. The summed E-state index contributed by atoms with van der Waals surface area (Å²) in [6, 6.07) is 11.0. The highest BCUT2D eigenvalue weighted by Crippen LogP contribution is 2.31. The Bertz CT molecular complexity index is 332. The van der Waals surface area contributed by atoms with Gasteiger partial charge in [-0.1, -0.05) is 58.0 Å². The van der Waals surface area contributed by atoms with Gasteiger partial charge in [0.2, 0.25) is 0 Å². The Morgan fingerprint density at radius 3 is 2.00 bits per heavy atom. The highest BCUT2D eigenvalue weighted by atomic mass is 15.2. The second-order valence-electron chi connectivity index (χ2n) is 4.91. The average molecular weight is 248 g/mol. The first-order valence-electron chi connectivity index (χ1n) is 7.22. The smallest absolute Gasteiger partial charge is 0.0564 e. The van der Waals surface area contributed by atoms with Gasteiger partial charge >= 0.3 is 0 Å². The average Bonchev–Trinajstić information content (AvgIpc) is 2.44. The lowest BCUT2D eigenvalue weighted by molar-refractivity contribution is 0.121. The van der Waals surface area contributed by atoms with E-state index in [1.807, 2.05) is 0 Å². The van der Waals surface area contributed by atoms with Crippen LogP contribution in [0.15, 0.2) is 30.3 Å². The third-order valence-electron chi connectivity index (χ3n) is 4.13. The molecule has 0 aliphatic carbocycles. The van der Waals surface area contributed by atoms with Gasteiger partial charge in [-0.3, -0.25) is 4.90 Å². The lowest BCUT2D eigenvalue weighted by atomic mass is 9.79. The van der Waals surface area contributed by atoms with Crippen molar-refractivity contribution in [1.29, 1.82) is 0 Å². The van der Waals surface area contributed by atoms with Gasteiger partial charge < -0.3 is 5.73 Å². The molecule has 2 unspecified atom stereocenters. The molecule has 18 heavy (non-hydrogen) atoms. The Labute approximate surface area is 112 Å². The molecule has 1 aromatic carbocycles. The Morgan fingerprint density at radius 2 is 1.61 bits per heavy atom. The molecule has 1 aromatic rings. The molecule has 0 aliphatic heterocycles. The SMILES string of the molecule is CCC(N(CC)CC)C(N)(CC)c1ccccc1. The number of likely N-dealkylation sites (N-methyl/N-ethyl adjacent to an activating group) is 1. The Hall–Kier alpha value is -0.860. The maximum atomic E-state index is 6.78. The largest absolute Gasteiger partial charge is 0.320 e. The summed E-state index contributed by atoms with van der Waals surface area (Å²) in [6.45, 7) is 11.0. The maximum Gasteiger partial charge on any atom is 0.0564 e. The van der Waals surface area contributed by atoms with Crippen molar-refractivity contribution in [3.63, 3.8) is 0 Å². The molecule has 0 saturated carbocycles. The summed E-state index contributed by atoms with van der Waals surface area (Å²) in [5, 5.41) is 0. The lowest BCUT2D eigenvalue weighted by Crippen LogP contribution is -2.55. The number of nitrogens with two attached hydrogens (primary N) is 1. The van der Waals surface area contributed by atoms with E-state index in [2.05, 4.69) is 62.9 Å². The van der Waals surface area contributed by atoms with Gasteiger partial charge in [-0.2, -0.15) is 0 Å².